The number of rotatable bonds is 22. The Balaban J connectivity index is 1.09. The SMILES string of the molecule is CC(C)CCCC(C)C1CCC2C3CC=C4CC(OC(=O)NCCOCCOCCNC(=O)C(CCCNC(N)N)N=C(N)N)CCC4(C)C3CCC12C. The second-order valence-corrected chi connectivity index (χ2v) is 17.7. The maximum absolute atomic E-state index is 12.7. The van der Waals surface area contributed by atoms with E-state index in [1.54, 1.807) is 0 Å². The Bertz CT molecular complexity index is 1240. The third-order valence-electron chi connectivity index (χ3n) is 13.6. The molecule has 3 fully saturated rings. The van der Waals surface area contributed by atoms with Crippen molar-refractivity contribution in [3.63, 3.8) is 0 Å². The van der Waals surface area contributed by atoms with Crippen LogP contribution in [-0.4, -0.2) is 82.5 Å². The van der Waals surface area contributed by atoms with Crippen LogP contribution in [0.5, 0.6) is 0 Å². The molecule has 0 aromatic rings. The molecule has 13 nitrogen and oxygen atoms in total. The number of carbonyl (C=O) groups excluding carboxylic acids is 2. The van der Waals surface area contributed by atoms with Gasteiger partial charge in [0.15, 0.2) is 5.96 Å². The smallest absolute Gasteiger partial charge is 0.407 e. The van der Waals surface area contributed by atoms with E-state index in [0.29, 0.717) is 64.3 Å². The van der Waals surface area contributed by atoms with Gasteiger partial charge in [-0.05, 0) is 111 Å². The molecule has 11 N–H and O–H groups in total. The number of ether oxygens (including phenoxy) is 3. The number of allylic oxidation sites excluding steroid dienone is 1. The first-order chi connectivity index (χ1) is 25.7. The molecular weight excluding hydrogens is 685 g/mol. The van der Waals surface area contributed by atoms with Gasteiger partial charge in [0, 0.05) is 19.5 Å². The van der Waals surface area contributed by atoms with Gasteiger partial charge in [0.05, 0.1) is 26.4 Å². The largest absolute Gasteiger partial charge is 0.446 e. The number of nitrogens with zero attached hydrogens (tertiary/aromatic N) is 1. The van der Waals surface area contributed by atoms with Gasteiger partial charge in [-0.2, -0.15) is 0 Å². The van der Waals surface area contributed by atoms with Crippen LogP contribution < -0.4 is 38.9 Å². The van der Waals surface area contributed by atoms with Crippen LogP contribution >= 0.6 is 0 Å². The molecule has 0 aliphatic heterocycles. The Kier molecular flexibility index (Phi) is 17.4. The zero-order valence-electron chi connectivity index (χ0n) is 34.2. The summed E-state index contributed by atoms with van der Waals surface area (Å²) < 4.78 is 17.1. The van der Waals surface area contributed by atoms with Gasteiger partial charge in [-0.3, -0.25) is 10.1 Å². The minimum Gasteiger partial charge on any atom is -0.446 e. The van der Waals surface area contributed by atoms with E-state index in [2.05, 4.69) is 61.6 Å². The van der Waals surface area contributed by atoms with Crippen LogP contribution in [0.2, 0.25) is 0 Å². The number of guanidine groups is 1. The van der Waals surface area contributed by atoms with Gasteiger partial charge in [-0.15, -0.1) is 0 Å². The number of hydrogen-bond donors (Lipinski definition) is 7. The topological polar surface area (TPSA) is 214 Å². The minimum atomic E-state index is -0.699. The normalized spacial score (nSPS) is 30.1. The van der Waals surface area contributed by atoms with E-state index in [0.717, 1.165) is 54.8 Å². The van der Waals surface area contributed by atoms with Crippen LogP contribution in [0.25, 0.3) is 0 Å². The average molecular weight is 761 g/mol. The summed E-state index contributed by atoms with van der Waals surface area (Å²) in [7, 11) is 0. The van der Waals surface area contributed by atoms with Gasteiger partial charge in [-0.1, -0.05) is 65.5 Å². The lowest BCUT2D eigenvalue weighted by atomic mass is 9.47. The maximum Gasteiger partial charge on any atom is 0.407 e. The Morgan fingerprint density at radius 3 is 2.28 bits per heavy atom. The molecule has 9 atom stereocenters. The fourth-order valence-electron chi connectivity index (χ4n) is 10.9. The zero-order valence-corrected chi connectivity index (χ0v) is 34.2. The number of nitrogens with one attached hydrogen (secondary N) is 3. The van der Waals surface area contributed by atoms with Crippen LogP contribution in [0.1, 0.15) is 118 Å². The molecule has 0 aromatic carbocycles. The highest BCUT2D eigenvalue weighted by Crippen LogP contribution is 2.67. The fourth-order valence-corrected chi connectivity index (χ4v) is 10.9. The van der Waals surface area contributed by atoms with Crippen molar-refractivity contribution in [1.82, 2.24) is 16.0 Å². The molecule has 4 aliphatic rings. The Labute approximate surface area is 325 Å². The highest BCUT2D eigenvalue weighted by Gasteiger charge is 2.59. The Hall–Kier alpha value is -2.45. The van der Waals surface area contributed by atoms with E-state index in [1.165, 1.54) is 56.9 Å². The molecular formula is C41H76N8O5. The molecule has 0 bridgehead atoms. The van der Waals surface area contributed by atoms with Crippen LogP contribution in [0.15, 0.2) is 16.6 Å². The molecule has 4 aliphatic carbocycles. The summed E-state index contributed by atoms with van der Waals surface area (Å²) in [5.74, 6) is 4.49. The summed E-state index contributed by atoms with van der Waals surface area (Å²) in [6.07, 6.45) is 16.3. The molecule has 2 amide bonds. The summed E-state index contributed by atoms with van der Waals surface area (Å²) >= 11 is 0. The lowest BCUT2D eigenvalue weighted by Gasteiger charge is -2.58. The van der Waals surface area contributed by atoms with Crippen LogP contribution in [0.3, 0.4) is 0 Å². The van der Waals surface area contributed by atoms with Crippen LogP contribution in [0.4, 0.5) is 4.79 Å². The number of nitrogens with two attached hydrogens (primary N) is 4. The molecule has 13 heteroatoms. The highest BCUT2D eigenvalue weighted by molar-refractivity contribution is 5.86. The third kappa shape index (κ3) is 12.3. The van der Waals surface area contributed by atoms with Gasteiger partial charge >= 0.3 is 6.09 Å². The quantitative estimate of drug-likeness (QED) is 0.0270. The van der Waals surface area contributed by atoms with Crippen molar-refractivity contribution >= 4 is 18.0 Å². The lowest BCUT2D eigenvalue weighted by molar-refractivity contribution is -0.122. The van der Waals surface area contributed by atoms with E-state index in [-0.39, 0.29) is 29.5 Å². The second kappa shape index (κ2) is 21.2. The van der Waals surface area contributed by atoms with Crippen molar-refractivity contribution in [1.29, 1.82) is 0 Å². The number of carbonyl (C=O) groups is 2. The van der Waals surface area contributed by atoms with Crippen LogP contribution in [-0.2, 0) is 19.0 Å². The summed E-state index contributed by atoms with van der Waals surface area (Å²) in [5, 5.41) is 8.52. The molecule has 4 rings (SSSR count). The molecule has 0 radical (unpaired) electrons. The molecule has 0 heterocycles. The number of hydrogen-bond acceptors (Lipinski definition) is 9. The molecule has 9 unspecified atom stereocenters. The van der Waals surface area contributed by atoms with Crippen molar-refractivity contribution in [2.24, 2.45) is 74.3 Å². The summed E-state index contributed by atoms with van der Waals surface area (Å²) in [6, 6.07) is -0.699. The standard InChI is InChI=1S/C41H76N8O5/c1-27(2)8-6-9-28(3)32-13-14-33-31-12-11-29-26-30(15-17-40(29,4)34(31)16-18-41(32,33)5)54-39(51)48-21-23-53-25-24-52-22-20-46-36(50)35(49-38(44)45)10-7-19-47-37(42)43/h11,27-28,30-35,37,47H,6-10,12-26,42-43H2,1-5H3,(H,46,50)(H,48,51)(H4,44,45,49). The van der Waals surface area contributed by atoms with E-state index < -0.39 is 12.3 Å². The van der Waals surface area contributed by atoms with Gasteiger partial charge in [0.1, 0.15) is 18.4 Å². The number of aliphatic imine (C=N–C) groups is 1. The van der Waals surface area contributed by atoms with Gasteiger partial charge in [0.2, 0.25) is 5.91 Å². The Morgan fingerprint density at radius 2 is 1.59 bits per heavy atom. The predicted molar refractivity (Wildman–Crippen MR) is 215 cm³/mol. The highest BCUT2D eigenvalue weighted by atomic mass is 16.6. The van der Waals surface area contributed by atoms with E-state index in [9.17, 15) is 9.59 Å². The Morgan fingerprint density at radius 1 is 0.870 bits per heavy atom. The minimum absolute atomic E-state index is 0.0751. The number of amides is 2. The zero-order chi connectivity index (χ0) is 39.3. The predicted octanol–water partition coefficient (Wildman–Crippen LogP) is 4.48. The van der Waals surface area contributed by atoms with Crippen molar-refractivity contribution in [2.45, 2.75) is 137 Å². The van der Waals surface area contributed by atoms with Gasteiger partial charge < -0.3 is 47.8 Å². The molecule has 0 aromatic heterocycles. The molecule has 310 valence electrons. The molecule has 54 heavy (non-hydrogen) atoms. The molecule has 0 spiro atoms. The van der Waals surface area contributed by atoms with Crippen molar-refractivity contribution in [3.8, 4) is 0 Å². The number of fused-ring (bicyclic) bond motifs is 5. The molecule has 3 saturated carbocycles. The monoisotopic (exact) mass is 761 g/mol. The molecule has 0 saturated heterocycles. The van der Waals surface area contributed by atoms with Gasteiger partial charge in [-0.25, -0.2) is 9.79 Å². The average Bonchev–Trinajstić information content (AvgIpc) is 3.47. The first-order valence-corrected chi connectivity index (χ1v) is 21.1. The van der Waals surface area contributed by atoms with E-state index in [4.69, 9.17) is 37.1 Å². The second-order valence-electron chi connectivity index (χ2n) is 17.7. The van der Waals surface area contributed by atoms with E-state index in [1.807, 2.05) is 0 Å². The van der Waals surface area contributed by atoms with Crippen molar-refractivity contribution in [3.05, 3.63) is 11.6 Å². The van der Waals surface area contributed by atoms with E-state index >= 15 is 0 Å². The summed E-state index contributed by atoms with van der Waals surface area (Å²) in [4.78, 5) is 29.2. The summed E-state index contributed by atoms with van der Waals surface area (Å²) in [6.45, 7) is 15.1. The maximum atomic E-state index is 12.7. The van der Waals surface area contributed by atoms with Crippen molar-refractivity contribution < 1.29 is 23.8 Å². The summed E-state index contributed by atoms with van der Waals surface area (Å²) in [5.41, 5.74) is 24.2. The first-order valence-electron chi connectivity index (χ1n) is 21.1. The van der Waals surface area contributed by atoms with Crippen molar-refractivity contribution in [2.75, 3.05) is 46.1 Å². The first kappa shape index (κ1) is 44.3. The fraction of sp³-hybridized carbons (Fsp3) is 0.878. The van der Waals surface area contributed by atoms with Crippen LogP contribution in [0, 0.1) is 46.3 Å². The third-order valence-corrected chi connectivity index (χ3v) is 13.6. The number of alkyl carbamates (subject to hydrolysis) is 1. The van der Waals surface area contributed by atoms with Gasteiger partial charge in [0.25, 0.3) is 0 Å². The lowest BCUT2D eigenvalue weighted by Crippen LogP contribution is -2.51.